The first-order chi connectivity index (χ1) is 12.8. The van der Waals surface area contributed by atoms with E-state index in [1.165, 1.54) is 11.0 Å². The Balaban J connectivity index is 1.92. The molecule has 9 nitrogen and oxygen atoms in total. The van der Waals surface area contributed by atoms with Gasteiger partial charge in [-0.15, -0.1) is 0 Å². The molecule has 0 bridgehead atoms. The number of amides is 2. The van der Waals surface area contributed by atoms with Crippen LogP contribution in [0, 0.1) is 11.7 Å². The maximum absolute atomic E-state index is 15.1. The average molecular weight is 415 g/mol. The number of carboxylic acid groups (broad SMARTS) is 1. The van der Waals surface area contributed by atoms with Gasteiger partial charge in [-0.2, -0.15) is 8.42 Å². The number of phenolic OH excluding ortho intramolecular Hbond substituents is 1. The quantitative estimate of drug-likeness (QED) is 0.681. The number of rotatable bonds is 3. The number of aromatic hydroxyl groups is 1. The van der Waals surface area contributed by atoms with Crippen molar-refractivity contribution in [2.75, 3.05) is 17.4 Å². The third-order valence-corrected chi connectivity index (χ3v) is 6.34. The topological polar surface area (TPSA) is 127 Å². The Labute approximate surface area is 161 Å². The largest absolute Gasteiger partial charge is 0.506 e. The minimum absolute atomic E-state index is 0.172. The van der Waals surface area contributed by atoms with E-state index < -0.39 is 51.5 Å². The monoisotopic (exact) mass is 415 g/mol. The number of carbonyl (C=O) groups is 2. The number of phenols is 1. The third kappa shape index (κ3) is 3.46. The molecule has 3 N–H and O–H groups in total. The zero-order chi connectivity index (χ0) is 21.0. The number of anilines is 1. The van der Waals surface area contributed by atoms with E-state index in [2.05, 4.69) is 0 Å². The SMILES string of the molecule is CC(C)(C)N(CC1Cc2cc(O)c(N3CC(=O)NS3(=O)=O)c(F)c2C1)C(=O)O. The second kappa shape index (κ2) is 6.50. The molecule has 0 aromatic heterocycles. The summed E-state index contributed by atoms with van der Waals surface area (Å²) < 4.78 is 41.4. The molecule has 1 aromatic carbocycles. The van der Waals surface area contributed by atoms with Gasteiger partial charge >= 0.3 is 16.3 Å². The molecule has 0 saturated carbocycles. The molecule has 1 saturated heterocycles. The van der Waals surface area contributed by atoms with Crippen LogP contribution in [0.15, 0.2) is 6.07 Å². The fourth-order valence-corrected chi connectivity index (χ4v) is 4.86. The van der Waals surface area contributed by atoms with E-state index in [-0.39, 0.29) is 24.4 Å². The summed E-state index contributed by atoms with van der Waals surface area (Å²) in [6, 6.07) is 1.29. The van der Waals surface area contributed by atoms with Gasteiger partial charge in [-0.3, -0.25) is 4.79 Å². The van der Waals surface area contributed by atoms with Crippen molar-refractivity contribution in [1.29, 1.82) is 0 Å². The molecular weight excluding hydrogens is 393 g/mol. The summed E-state index contributed by atoms with van der Waals surface area (Å²) in [5.41, 5.74) is -0.476. The van der Waals surface area contributed by atoms with Gasteiger partial charge in [0.1, 0.15) is 18.0 Å². The van der Waals surface area contributed by atoms with E-state index in [1.54, 1.807) is 25.5 Å². The van der Waals surface area contributed by atoms with Crippen molar-refractivity contribution in [2.24, 2.45) is 5.92 Å². The van der Waals surface area contributed by atoms with E-state index >= 15 is 4.39 Å². The number of carbonyl (C=O) groups excluding carboxylic acids is 1. The highest BCUT2D eigenvalue weighted by molar-refractivity contribution is 7.92. The first-order valence-electron chi connectivity index (χ1n) is 8.68. The molecular formula is C17H22FN3O6S. The second-order valence-electron chi connectivity index (χ2n) is 8.07. The molecule has 1 aliphatic carbocycles. The minimum Gasteiger partial charge on any atom is -0.506 e. The lowest BCUT2D eigenvalue weighted by atomic mass is 10.0. The maximum Gasteiger partial charge on any atom is 0.407 e. The highest BCUT2D eigenvalue weighted by Crippen LogP contribution is 2.41. The standard InChI is InChI=1S/C17H22FN3O6S/c1-17(2,3)20(16(24)25)7-9-4-10-6-12(22)15(14(18)11(10)5-9)21-8-13(23)19-28(21,26)27/h6,9,22H,4-5,7-8H2,1-3H3,(H,19,23)(H,24,25). The molecule has 1 heterocycles. The molecule has 1 fully saturated rings. The Morgan fingerprint density at radius 3 is 2.54 bits per heavy atom. The zero-order valence-electron chi connectivity index (χ0n) is 15.7. The van der Waals surface area contributed by atoms with Crippen LogP contribution in [0.4, 0.5) is 14.9 Å². The first kappa shape index (κ1) is 20.2. The summed E-state index contributed by atoms with van der Waals surface area (Å²) >= 11 is 0. The van der Waals surface area contributed by atoms with Gasteiger partial charge in [0.2, 0.25) is 0 Å². The zero-order valence-corrected chi connectivity index (χ0v) is 16.5. The number of nitrogens with one attached hydrogen (secondary N) is 1. The second-order valence-corrected chi connectivity index (χ2v) is 9.67. The van der Waals surface area contributed by atoms with Gasteiger partial charge in [-0.1, -0.05) is 0 Å². The predicted molar refractivity (Wildman–Crippen MR) is 97.9 cm³/mol. The van der Waals surface area contributed by atoms with Gasteiger partial charge in [0.05, 0.1) is 0 Å². The molecule has 154 valence electrons. The van der Waals surface area contributed by atoms with Crippen molar-refractivity contribution in [3.63, 3.8) is 0 Å². The summed E-state index contributed by atoms with van der Waals surface area (Å²) in [6.07, 6.45) is -0.534. The van der Waals surface area contributed by atoms with Crippen LogP contribution >= 0.6 is 0 Å². The summed E-state index contributed by atoms with van der Waals surface area (Å²) in [5.74, 6) is -2.53. The van der Waals surface area contributed by atoms with Gasteiger partial charge in [0.15, 0.2) is 5.82 Å². The lowest BCUT2D eigenvalue weighted by Gasteiger charge is -2.35. The summed E-state index contributed by atoms with van der Waals surface area (Å²) in [4.78, 5) is 24.3. The van der Waals surface area contributed by atoms with Crippen LogP contribution in [-0.2, 0) is 27.8 Å². The van der Waals surface area contributed by atoms with E-state index in [0.717, 1.165) is 0 Å². The molecule has 1 aliphatic heterocycles. The lowest BCUT2D eigenvalue weighted by Crippen LogP contribution is -2.47. The number of halogens is 1. The fourth-order valence-electron chi connectivity index (χ4n) is 3.70. The van der Waals surface area contributed by atoms with Crippen LogP contribution in [-0.4, -0.2) is 54.2 Å². The number of nitrogens with zero attached hydrogens (tertiary/aromatic N) is 2. The Hall–Kier alpha value is -2.56. The van der Waals surface area contributed by atoms with E-state index in [4.69, 9.17) is 0 Å². The van der Waals surface area contributed by atoms with E-state index in [9.17, 15) is 28.2 Å². The highest BCUT2D eigenvalue weighted by Gasteiger charge is 2.40. The Bertz CT molecular complexity index is 957. The van der Waals surface area contributed by atoms with Gasteiger partial charge < -0.3 is 15.1 Å². The van der Waals surface area contributed by atoms with Crippen molar-refractivity contribution >= 4 is 27.9 Å². The number of hydrogen-bond donors (Lipinski definition) is 3. The Morgan fingerprint density at radius 1 is 1.39 bits per heavy atom. The van der Waals surface area contributed by atoms with Crippen LogP contribution in [0.5, 0.6) is 5.75 Å². The summed E-state index contributed by atoms with van der Waals surface area (Å²) in [6.45, 7) is 4.83. The van der Waals surface area contributed by atoms with Crippen LogP contribution in [0.2, 0.25) is 0 Å². The van der Waals surface area contributed by atoms with Gasteiger partial charge in [0, 0.05) is 12.1 Å². The molecule has 2 amide bonds. The van der Waals surface area contributed by atoms with Gasteiger partial charge in [-0.25, -0.2) is 18.2 Å². The summed E-state index contributed by atoms with van der Waals surface area (Å²) in [5, 5.41) is 19.7. The smallest absolute Gasteiger partial charge is 0.407 e. The Kier molecular flexibility index (Phi) is 4.69. The average Bonchev–Trinajstić information content (AvgIpc) is 3.03. The predicted octanol–water partition coefficient (Wildman–Crippen LogP) is 1.21. The fraction of sp³-hybridized carbons (Fsp3) is 0.529. The normalized spacial score (nSPS) is 20.8. The molecule has 2 aliphatic rings. The van der Waals surface area contributed by atoms with Crippen LogP contribution < -0.4 is 9.03 Å². The van der Waals surface area contributed by atoms with Gasteiger partial charge in [-0.05, 0) is 56.7 Å². The molecule has 11 heteroatoms. The van der Waals surface area contributed by atoms with Gasteiger partial charge in [0.25, 0.3) is 5.91 Å². The molecule has 3 rings (SSSR count). The number of benzene rings is 1. The molecule has 0 spiro atoms. The lowest BCUT2D eigenvalue weighted by molar-refractivity contribution is -0.117. The van der Waals surface area contributed by atoms with E-state index in [0.29, 0.717) is 16.3 Å². The highest BCUT2D eigenvalue weighted by atomic mass is 32.2. The Morgan fingerprint density at radius 2 is 2.04 bits per heavy atom. The molecule has 1 aromatic rings. The van der Waals surface area contributed by atoms with Crippen LogP contribution in [0.25, 0.3) is 0 Å². The molecule has 0 radical (unpaired) electrons. The minimum atomic E-state index is -4.27. The van der Waals surface area contributed by atoms with Crippen molar-refractivity contribution in [3.05, 3.63) is 23.0 Å². The first-order valence-corrected chi connectivity index (χ1v) is 10.1. The van der Waals surface area contributed by atoms with Crippen LogP contribution in [0.3, 0.4) is 0 Å². The van der Waals surface area contributed by atoms with E-state index in [1.807, 2.05) is 0 Å². The molecule has 28 heavy (non-hydrogen) atoms. The van der Waals surface area contributed by atoms with Crippen molar-refractivity contribution in [2.45, 2.75) is 39.2 Å². The number of fused-ring (bicyclic) bond motifs is 1. The number of hydrogen-bond acceptors (Lipinski definition) is 5. The molecule has 1 unspecified atom stereocenters. The third-order valence-electron chi connectivity index (χ3n) is 4.97. The maximum atomic E-state index is 15.1. The molecule has 1 atom stereocenters. The van der Waals surface area contributed by atoms with Crippen LogP contribution in [0.1, 0.15) is 31.9 Å². The van der Waals surface area contributed by atoms with Crippen molar-refractivity contribution in [1.82, 2.24) is 9.62 Å². The summed E-state index contributed by atoms with van der Waals surface area (Å²) in [7, 11) is -4.27. The van der Waals surface area contributed by atoms with Crippen molar-refractivity contribution in [3.8, 4) is 5.75 Å². The van der Waals surface area contributed by atoms with Crippen molar-refractivity contribution < 1.29 is 32.6 Å².